The number of hydrogen-bond donors (Lipinski definition) is 0. The molecule has 0 aliphatic heterocycles. The fourth-order valence-electron chi connectivity index (χ4n) is 7.51. The van der Waals surface area contributed by atoms with Crippen LogP contribution in [0.2, 0.25) is 0 Å². The lowest BCUT2D eigenvalue weighted by atomic mass is 10.0. The summed E-state index contributed by atoms with van der Waals surface area (Å²) >= 11 is 0. The topological polar surface area (TPSA) is 78.9 Å². The second-order valence-corrected chi connectivity index (χ2v) is 17.6. The molecule has 0 rings (SSSR count). The van der Waals surface area contributed by atoms with Crippen molar-refractivity contribution in [2.75, 3.05) is 13.2 Å². The monoisotopic (exact) mass is 793 g/mol. The van der Waals surface area contributed by atoms with Gasteiger partial charge in [0.05, 0.1) is 0 Å². The number of rotatable bonds is 45. The molecule has 0 saturated carbocycles. The van der Waals surface area contributed by atoms with Gasteiger partial charge in [0.15, 0.2) is 6.10 Å². The van der Waals surface area contributed by atoms with E-state index in [4.69, 9.17) is 14.2 Å². The van der Waals surface area contributed by atoms with Crippen molar-refractivity contribution in [1.82, 2.24) is 0 Å². The number of hydrogen-bond acceptors (Lipinski definition) is 6. The van der Waals surface area contributed by atoms with Crippen LogP contribution in [0.3, 0.4) is 0 Å². The molecule has 0 heterocycles. The molecular formula is C50H96O6. The maximum atomic E-state index is 12.8. The minimum atomic E-state index is -0.760. The molecule has 0 amide bonds. The number of esters is 3. The summed E-state index contributed by atoms with van der Waals surface area (Å²) < 4.78 is 16.8. The quantitative estimate of drug-likeness (QED) is 0.0347. The van der Waals surface area contributed by atoms with Gasteiger partial charge in [0.1, 0.15) is 13.2 Å². The Hall–Kier alpha value is -1.59. The van der Waals surface area contributed by atoms with Crippen LogP contribution in [0.5, 0.6) is 0 Å². The summed E-state index contributed by atoms with van der Waals surface area (Å²) in [6, 6.07) is 0. The van der Waals surface area contributed by atoms with Crippen molar-refractivity contribution in [3.8, 4) is 0 Å². The van der Waals surface area contributed by atoms with Crippen molar-refractivity contribution >= 4 is 17.9 Å². The number of carbonyl (C=O) groups excluding carboxylic acids is 3. The van der Waals surface area contributed by atoms with Crippen LogP contribution in [-0.2, 0) is 28.6 Å². The maximum Gasteiger partial charge on any atom is 0.306 e. The lowest BCUT2D eigenvalue weighted by Crippen LogP contribution is -2.30. The van der Waals surface area contributed by atoms with Crippen molar-refractivity contribution in [1.29, 1.82) is 0 Å². The van der Waals surface area contributed by atoms with Gasteiger partial charge >= 0.3 is 17.9 Å². The smallest absolute Gasteiger partial charge is 0.306 e. The minimum Gasteiger partial charge on any atom is -0.462 e. The Morgan fingerprint density at radius 3 is 0.875 bits per heavy atom. The highest BCUT2D eigenvalue weighted by molar-refractivity contribution is 5.71. The van der Waals surface area contributed by atoms with Crippen molar-refractivity contribution < 1.29 is 28.6 Å². The zero-order valence-corrected chi connectivity index (χ0v) is 38.1. The van der Waals surface area contributed by atoms with E-state index < -0.39 is 6.10 Å². The van der Waals surface area contributed by atoms with Gasteiger partial charge in [-0.15, -0.1) is 0 Å². The highest BCUT2D eigenvalue weighted by atomic mass is 16.6. The van der Waals surface area contributed by atoms with Crippen LogP contribution in [0.4, 0.5) is 0 Å². The maximum absolute atomic E-state index is 12.8. The zero-order chi connectivity index (χ0) is 41.0. The van der Waals surface area contributed by atoms with Crippen LogP contribution in [0.25, 0.3) is 0 Å². The Labute approximate surface area is 348 Å². The van der Waals surface area contributed by atoms with Crippen LogP contribution in [0, 0.1) is 5.92 Å². The van der Waals surface area contributed by atoms with Gasteiger partial charge in [0, 0.05) is 19.3 Å². The first-order valence-electron chi connectivity index (χ1n) is 24.9. The van der Waals surface area contributed by atoms with Crippen molar-refractivity contribution in [2.45, 2.75) is 284 Å². The van der Waals surface area contributed by atoms with Gasteiger partial charge in [-0.25, -0.2) is 0 Å². The number of ether oxygens (including phenoxy) is 3. The van der Waals surface area contributed by atoms with Crippen LogP contribution >= 0.6 is 0 Å². The average Bonchev–Trinajstić information content (AvgIpc) is 3.18. The van der Waals surface area contributed by atoms with E-state index >= 15 is 0 Å². The summed E-state index contributed by atoms with van der Waals surface area (Å²) in [5, 5.41) is 0. The molecule has 6 heteroatoms. The molecule has 0 aromatic rings. The molecule has 6 nitrogen and oxygen atoms in total. The molecule has 0 unspecified atom stereocenters. The Bertz CT molecular complexity index is 841. The fourth-order valence-corrected chi connectivity index (χ4v) is 7.51. The van der Waals surface area contributed by atoms with Gasteiger partial charge in [-0.3, -0.25) is 14.4 Å². The molecule has 0 fully saturated rings. The predicted molar refractivity (Wildman–Crippen MR) is 238 cm³/mol. The largest absolute Gasteiger partial charge is 0.462 e. The van der Waals surface area contributed by atoms with Gasteiger partial charge in [-0.1, -0.05) is 240 Å². The lowest BCUT2D eigenvalue weighted by molar-refractivity contribution is -0.167. The first-order chi connectivity index (χ1) is 27.4. The summed E-state index contributed by atoms with van der Waals surface area (Å²) in [6.07, 6.45) is 45.1. The predicted octanol–water partition coefficient (Wildman–Crippen LogP) is 15.9. The van der Waals surface area contributed by atoms with E-state index in [-0.39, 0.29) is 31.1 Å². The normalized spacial score (nSPS) is 11.9. The summed E-state index contributed by atoms with van der Waals surface area (Å²) in [7, 11) is 0. The highest BCUT2D eigenvalue weighted by Gasteiger charge is 2.19. The first-order valence-corrected chi connectivity index (χ1v) is 24.9. The molecule has 332 valence electrons. The standard InChI is InChI=1S/C50H96O6/c1-5-7-9-11-13-15-17-19-20-21-23-25-31-35-39-43-50(53)56-47(45-55-49(52)42-38-34-30-27-26-28-32-36-40-46(3)4)44-54-48(51)41-37-33-29-24-22-18-16-14-12-10-8-6-2/h46-47H,5-45H2,1-4H3/t47-/m1/s1. The van der Waals surface area contributed by atoms with E-state index in [0.717, 1.165) is 63.7 Å². The third-order valence-electron chi connectivity index (χ3n) is 11.3. The molecular weight excluding hydrogens is 697 g/mol. The SMILES string of the molecule is CCCCCCCCCCCCCCCCCC(=O)O[C@H](COC(=O)CCCCCCCCCCCCCC)COC(=O)CCCCCCCCCCC(C)C. The summed E-state index contributed by atoms with van der Waals surface area (Å²) in [5.41, 5.74) is 0. The molecule has 0 aliphatic rings. The van der Waals surface area contributed by atoms with Gasteiger partial charge in [-0.2, -0.15) is 0 Å². The molecule has 56 heavy (non-hydrogen) atoms. The molecule has 0 aromatic heterocycles. The zero-order valence-electron chi connectivity index (χ0n) is 38.1. The Morgan fingerprint density at radius 1 is 0.339 bits per heavy atom. The van der Waals surface area contributed by atoms with Crippen molar-refractivity contribution in [3.05, 3.63) is 0 Å². The molecule has 0 bridgehead atoms. The van der Waals surface area contributed by atoms with E-state index in [1.54, 1.807) is 0 Å². The first kappa shape index (κ1) is 54.4. The summed E-state index contributed by atoms with van der Waals surface area (Å²) in [6.45, 7) is 8.98. The van der Waals surface area contributed by atoms with E-state index in [0.29, 0.717) is 19.3 Å². The molecule has 0 saturated heterocycles. The van der Waals surface area contributed by atoms with E-state index in [9.17, 15) is 14.4 Å². The Balaban J connectivity index is 4.31. The number of unbranched alkanes of at least 4 members (excludes halogenated alkanes) is 32. The second kappa shape index (κ2) is 44.5. The molecule has 0 N–H and O–H groups in total. The van der Waals surface area contributed by atoms with Gasteiger partial charge in [0.25, 0.3) is 0 Å². The average molecular weight is 793 g/mol. The molecule has 0 aliphatic carbocycles. The summed E-state index contributed by atoms with van der Waals surface area (Å²) in [4.78, 5) is 37.8. The van der Waals surface area contributed by atoms with Crippen LogP contribution in [0.15, 0.2) is 0 Å². The van der Waals surface area contributed by atoms with Crippen LogP contribution < -0.4 is 0 Å². The van der Waals surface area contributed by atoms with E-state index in [2.05, 4.69) is 27.7 Å². The molecule has 0 spiro atoms. The number of carbonyl (C=O) groups is 3. The summed E-state index contributed by atoms with van der Waals surface area (Å²) in [5.74, 6) is -0.0524. The van der Waals surface area contributed by atoms with Crippen LogP contribution in [-0.4, -0.2) is 37.2 Å². The van der Waals surface area contributed by atoms with E-state index in [1.165, 1.54) is 173 Å². The third kappa shape index (κ3) is 43.5. The minimum absolute atomic E-state index is 0.0634. The van der Waals surface area contributed by atoms with Crippen molar-refractivity contribution in [2.24, 2.45) is 5.92 Å². The second-order valence-electron chi connectivity index (χ2n) is 17.6. The van der Waals surface area contributed by atoms with Gasteiger partial charge < -0.3 is 14.2 Å². The molecule has 0 aromatic carbocycles. The van der Waals surface area contributed by atoms with Gasteiger partial charge in [-0.05, 0) is 25.2 Å². The molecule has 1 atom stereocenters. The third-order valence-corrected chi connectivity index (χ3v) is 11.3. The van der Waals surface area contributed by atoms with Crippen LogP contribution in [0.1, 0.15) is 278 Å². The lowest BCUT2D eigenvalue weighted by Gasteiger charge is -2.18. The van der Waals surface area contributed by atoms with Crippen molar-refractivity contribution in [3.63, 3.8) is 0 Å². The van der Waals surface area contributed by atoms with E-state index in [1.807, 2.05) is 0 Å². The highest BCUT2D eigenvalue weighted by Crippen LogP contribution is 2.17. The Morgan fingerprint density at radius 2 is 0.589 bits per heavy atom. The molecule has 0 radical (unpaired) electrons. The fraction of sp³-hybridized carbons (Fsp3) is 0.940. The Kier molecular flexibility index (Phi) is 43.2. The van der Waals surface area contributed by atoms with Gasteiger partial charge in [0.2, 0.25) is 0 Å².